The molecular formula is C12H18N2O3. The number of hydrogen-bond acceptors (Lipinski definition) is 4. The van der Waals surface area contributed by atoms with Gasteiger partial charge in [-0.15, -0.1) is 0 Å². The molecule has 1 aliphatic rings. The molecule has 1 unspecified atom stereocenters. The van der Waals surface area contributed by atoms with Crippen molar-refractivity contribution in [3.8, 4) is 0 Å². The molecular weight excluding hydrogens is 220 g/mol. The van der Waals surface area contributed by atoms with Crippen molar-refractivity contribution in [2.75, 3.05) is 20.6 Å². The number of amides is 1. The molecule has 0 aliphatic carbocycles. The number of hydrogen-bond donors (Lipinski definition) is 1. The molecule has 1 atom stereocenters. The van der Waals surface area contributed by atoms with E-state index in [9.17, 15) is 9.59 Å². The Bertz CT molecular complexity index is 372. The average Bonchev–Trinajstić information content (AvgIpc) is 2.64. The van der Waals surface area contributed by atoms with E-state index in [0.717, 1.165) is 0 Å². The summed E-state index contributed by atoms with van der Waals surface area (Å²) in [7, 11) is 3.63. The van der Waals surface area contributed by atoms with Gasteiger partial charge in [0.15, 0.2) is 6.10 Å². The number of ether oxygens (including phenoxy) is 1. The summed E-state index contributed by atoms with van der Waals surface area (Å²) in [5, 5.41) is 2.62. The van der Waals surface area contributed by atoms with Crippen LogP contribution in [-0.4, -0.2) is 43.5 Å². The van der Waals surface area contributed by atoms with Crippen LogP contribution in [0.15, 0.2) is 23.9 Å². The van der Waals surface area contributed by atoms with E-state index in [1.54, 1.807) is 17.9 Å². The molecule has 0 saturated carbocycles. The molecule has 0 aromatic carbocycles. The third kappa shape index (κ3) is 3.09. The number of esters is 1. The van der Waals surface area contributed by atoms with Crippen LogP contribution in [0.3, 0.4) is 0 Å². The molecule has 0 spiro atoms. The van der Waals surface area contributed by atoms with E-state index in [4.69, 9.17) is 4.74 Å². The lowest BCUT2D eigenvalue weighted by Gasteiger charge is -2.17. The molecule has 1 saturated heterocycles. The van der Waals surface area contributed by atoms with Gasteiger partial charge in [-0.25, -0.2) is 4.79 Å². The Morgan fingerprint density at radius 2 is 2.24 bits per heavy atom. The van der Waals surface area contributed by atoms with Crippen molar-refractivity contribution in [3.05, 3.63) is 23.9 Å². The van der Waals surface area contributed by atoms with Gasteiger partial charge in [-0.3, -0.25) is 4.79 Å². The van der Waals surface area contributed by atoms with Gasteiger partial charge in [0.2, 0.25) is 0 Å². The molecule has 17 heavy (non-hydrogen) atoms. The fourth-order valence-corrected chi connectivity index (χ4v) is 1.68. The first kappa shape index (κ1) is 13.3. The first-order chi connectivity index (χ1) is 7.97. The Morgan fingerprint density at radius 3 is 2.65 bits per heavy atom. The summed E-state index contributed by atoms with van der Waals surface area (Å²) in [5.41, 5.74) is 1.14. The van der Waals surface area contributed by atoms with Crippen molar-refractivity contribution in [1.82, 2.24) is 10.2 Å². The maximum atomic E-state index is 11.8. The van der Waals surface area contributed by atoms with Gasteiger partial charge in [0, 0.05) is 32.8 Å². The zero-order valence-electron chi connectivity index (χ0n) is 10.4. The van der Waals surface area contributed by atoms with Gasteiger partial charge in [-0.2, -0.15) is 0 Å². The maximum Gasteiger partial charge on any atom is 0.336 e. The predicted octanol–water partition coefficient (Wildman–Crippen LogP) is 0.440. The number of carbonyl (C=O) groups excluding carboxylic acids is 2. The molecule has 1 amide bonds. The molecule has 1 N–H and O–H groups in total. The molecule has 1 fully saturated rings. The first-order valence-corrected chi connectivity index (χ1v) is 5.46. The molecule has 0 aromatic rings. The smallest absolute Gasteiger partial charge is 0.336 e. The van der Waals surface area contributed by atoms with Crippen LogP contribution in [0.2, 0.25) is 0 Å². The van der Waals surface area contributed by atoms with Gasteiger partial charge in [0.25, 0.3) is 5.91 Å². The highest BCUT2D eigenvalue weighted by atomic mass is 16.5. The standard InChI is InChI=1S/C12H18N2O3/c1-5-9(14(3)4)8(2)12(16)17-10-6-7-13-11(10)15/h5,10H,1,6-7H2,2-4H3,(H,13,15)/b9-8+. The minimum absolute atomic E-state index is 0.226. The second-order valence-electron chi connectivity index (χ2n) is 4.08. The number of allylic oxidation sites excluding steroid dienone is 1. The van der Waals surface area contributed by atoms with E-state index in [1.165, 1.54) is 0 Å². The fourth-order valence-electron chi connectivity index (χ4n) is 1.68. The van der Waals surface area contributed by atoms with E-state index >= 15 is 0 Å². The zero-order chi connectivity index (χ0) is 13.0. The molecule has 1 heterocycles. The number of rotatable bonds is 4. The summed E-state index contributed by atoms with van der Waals surface area (Å²) in [4.78, 5) is 24.9. The Hall–Kier alpha value is -1.78. The van der Waals surface area contributed by atoms with Crippen LogP contribution in [-0.2, 0) is 14.3 Å². The number of nitrogens with zero attached hydrogens (tertiary/aromatic N) is 1. The van der Waals surface area contributed by atoms with E-state index in [0.29, 0.717) is 24.2 Å². The van der Waals surface area contributed by atoms with Crippen molar-refractivity contribution in [2.45, 2.75) is 19.4 Å². The Balaban J connectivity index is 2.75. The molecule has 0 radical (unpaired) electrons. The van der Waals surface area contributed by atoms with Gasteiger partial charge < -0.3 is 15.0 Å². The fraction of sp³-hybridized carbons (Fsp3) is 0.500. The maximum absolute atomic E-state index is 11.8. The predicted molar refractivity (Wildman–Crippen MR) is 64.1 cm³/mol. The molecule has 5 nitrogen and oxygen atoms in total. The first-order valence-electron chi connectivity index (χ1n) is 5.46. The third-order valence-corrected chi connectivity index (χ3v) is 2.61. The van der Waals surface area contributed by atoms with Crippen LogP contribution in [0.1, 0.15) is 13.3 Å². The lowest BCUT2D eigenvalue weighted by Crippen LogP contribution is -2.28. The SMILES string of the molecule is C=C/C(=C(/C)C(=O)OC1CCNC1=O)N(C)C. The average molecular weight is 238 g/mol. The highest BCUT2D eigenvalue weighted by molar-refractivity contribution is 5.92. The molecule has 1 aliphatic heterocycles. The van der Waals surface area contributed by atoms with Crippen LogP contribution >= 0.6 is 0 Å². The Labute approximate surface area is 101 Å². The summed E-state index contributed by atoms with van der Waals surface area (Å²) >= 11 is 0. The number of carbonyl (C=O) groups is 2. The molecule has 0 bridgehead atoms. The summed E-state index contributed by atoms with van der Waals surface area (Å²) in [6.07, 6.45) is 1.46. The Morgan fingerprint density at radius 1 is 1.59 bits per heavy atom. The minimum Gasteiger partial charge on any atom is -0.449 e. The van der Waals surface area contributed by atoms with E-state index in [1.807, 2.05) is 14.1 Å². The van der Waals surface area contributed by atoms with Gasteiger partial charge in [-0.1, -0.05) is 6.58 Å². The molecule has 1 rings (SSSR count). The van der Waals surface area contributed by atoms with Gasteiger partial charge in [-0.05, 0) is 13.0 Å². The van der Waals surface area contributed by atoms with Crippen LogP contribution in [0.5, 0.6) is 0 Å². The van der Waals surface area contributed by atoms with E-state index in [-0.39, 0.29) is 5.91 Å². The largest absolute Gasteiger partial charge is 0.449 e. The lowest BCUT2D eigenvalue weighted by atomic mass is 10.2. The minimum atomic E-state index is -0.661. The summed E-state index contributed by atoms with van der Waals surface area (Å²) in [6.45, 7) is 5.86. The van der Waals surface area contributed by atoms with Gasteiger partial charge in [0.1, 0.15) is 0 Å². The normalized spacial score (nSPS) is 20.4. The highest BCUT2D eigenvalue weighted by Gasteiger charge is 2.28. The summed E-state index contributed by atoms with van der Waals surface area (Å²) < 4.78 is 5.14. The zero-order valence-corrected chi connectivity index (χ0v) is 10.4. The Kier molecular flexibility index (Phi) is 4.31. The van der Waals surface area contributed by atoms with Crippen LogP contribution in [0.4, 0.5) is 0 Å². The monoisotopic (exact) mass is 238 g/mol. The lowest BCUT2D eigenvalue weighted by molar-refractivity contribution is -0.150. The number of likely N-dealkylation sites (N-methyl/N-ethyl adjacent to an activating group) is 1. The van der Waals surface area contributed by atoms with E-state index < -0.39 is 12.1 Å². The molecule has 0 aromatic heterocycles. The van der Waals surface area contributed by atoms with E-state index in [2.05, 4.69) is 11.9 Å². The quantitative estimate of drug-likeness (QED) is 0.438. The second kappa shape index (κ2) is 5.52. The van der Waals surface area contributed by atoms with Crippen LogP contribution in [0, 0.1) is 0 Å². The van der Waals surface area contributed by atoms with Crippen molar-refractivity contribution >= 4 is 11.9 Å². The van der Waals surface area contributed by atoms with Crippen molar-refractivity contribution in [1.29, 1.82) is 0 Å². The van der Waals surface area contributed by atoms with Crippen molar-refractivity contribution in [3.63, 3.8) is 0 Å². The molecule has 94 valence electrons. The van der Waals surface area contributed by atoms with Crippen molar-refractivity contribution in [2.24, 2.45) is 0 Å². The second-order valence-corrected chi connectivity index (χ2v) is 4.08. The third-order valence-electron chi connectivity index (χ3n) is 2.61. The summed E-state index contributed by atoms with van der Waals surface area (Å²) in [6, 6.07) is 0. The van der Waals surface area contributed by atoms with Crippen LogP contribution in [0.25, 0.3) is 0 Å². The summed E-state index contributed by atoms with van der Waals surface area (Å²) in [5.74, 6) is -0.702. The van der Waals surface area contributed by atoms with Gasteiger partial charge in [0.05, 0.1) is 5.57 Å². The van der Waals surface area contributed by atoms with Crippen molar-refractivity contribution < 1.29 is 14.3 Å². The molecule has 5 heteroatoms. The van der Waals surface area contributed by atoms with Crippen LogP contribution < -0.4 is 5.32 Å². The topological polar surface area (TPSA) is 58.6 Å². The number of nitrogens with one attached hydrogen (secondary N) is 1. The van der Waals surface area contributed by atoms with Gasteiger partial charge >= 0.3 is 5.97 Å². The highest BCUT2D eigenvalue weighted by Crippen LogP contribution is 2.13.